The van der Waals surface area contributed by atoms with E-state index in [-0.39, 0.29) is 23.7 Å². The van der Waals surface area contributed by atoms with Crippen molar-refractivity contribution < 1.29 is 22.6 Å². The van der Waals surface area contributed by atoms with Crippen molar-refractivity contribution in [2.45, 2.75) is 57.4 Å². The summed E-state index contributed by atoms with van der Waals surface area (Å²) >= 11 is 0. The van der Waals surface area contributed by atoms with E-state index in [4.69, 9.17) is 14.9 Å². The number of anilines is 3. The minimum Gasteiger partial charge on any atom is -0.370 e. The highest BCUT2D eigenvalue weighted by Gasteiger charge is 2.41. The minimum absolute atomic E-state index is 0.103. The van der Waals surface area contributed by atoms with Crippen molar-refractivity contribution in [2.24, 2.45) is 0 Å². The van der Waals surface area contributed by atoms with E-state index in [2.05, 4.69) is 27.5 Å². The zero-order valence-electron chi connectivity index (χ0n) is 19.2. The highest BCUT2D eigenvalue weighted by atomic mass is 19.1. The smallest absolute Gasteiger partial charge is 0.210 e. The number of imidazole rings is 1. The van der Waals surface area contributed by atoms with Crippen molar-refractivity contribution in [1.82, 2.24) is 14.9 Å². The Hall–Kier alpha value is -3.05. The maximum Gasteiger partial charge on any atom is 0.210 e. The van der Waals surface area contributed by atoms with Crippen LogP contribution in [0.4, 0.5) is 30.6 Å². The monoisotopic (exact) mass is 478 g/mol. The number of benzene rings is 1. The lowest BCUT2D eigenvalue weighted by atomic mass is 9.90. The molecular formula is C23H29F3N6O2. The van der Waals surface area contributed by atoms with Gasteiger partial charge in [-0.25, -0.2) is 18.2 Å². The number of rotatable bonds is 8. The van der Waals surface area contributed by atoms with Gasteiger partial charge in [0.25, 0.3) is 0 Å². The molecule has 1 aliphatic heterocycles. The summed E-state index contributed by atoms with van der Waals surface area (Å²) in [4.78, 5) is 4.41. The van der Waals surface area contributed by atoms with Gasteiger partial charge in [-0.05, 0) is 26.7 Å². The SMILES string of the molecule is C=C(Nc1c(C=N)nc(Nc2c(F)cc(F)cc2F)n1C1CCC2(CC1)OCCO2)NC(C)C. The van der Waals surface area contributed by atoms with Gasteiger partial charge in [0.05, 0.1) is 19.0 Å². The first-order valence-electron chi connectivity index (χ1n) is 11.3. The molecule has 0 unspecified atom stereocenters. The zero-order valence-corrected chi connectivity index (χ0v) is 19.2. The van der Waals surface area contributed by atoms with Crippen LogP contribution in [0.3, 0.4) is 0 Å². The average Bonchev–Trinajstić information content (AvgIpc) is 3.35. The van der Waals surface area contributed by atoms with E-state index in [1.807, 2.05) is 13.8 Å². The van der Waals surface area contributed by atoms with Crippen LogP contribution in [-0.2, 0) is 9.47 Å². The quantitative estimate of drug-likeness (QED) is 0.408. The Kier molecular flexibility index (Phi) is 6.85. The maximum absolute atomic E-state index is 14.4. The summed E-state index contributed by atoms with van der Waals surface area (Å²) in [6.45, 7) is 9.00. The van der Waals surface area contributed by atoms with Gasteiger partial charge in [-0.2, -0.15) is 0 Å². The first-order valence-corrected chi connectivity index (χ1v) is 11.3. The van der Waals surface area contributed by atoms with E-state index in [0.717, 1.165) is 6.21 Å². The normalized spacial score (nSPS) is 17.8. The lowest BCUT2D eigenvalue weighted by Gasteiger charge is -2.37. The van der Waals surface area contributed by atoms with E-state index >= 15 is 0 Å². The number of nitrogens with zero attached hydrogens (tertiary/aromatic N) is 2. The van der Waals surface area contributed by atoms with Crippen molar-refractivity contribution in [3.8, 4) is 0 Å². The number of hydrogen-bond acceptors (Lipinski definition) is 7. The first kappa shape index (κ1) is 24.1. The van der Waals surface area contributed by atoms with Crippen LogP contribution in [0.15, 0.2) is 24.5 Å². The van der Waals surface area contributed by atoms with Crippen LogP contribution in [0.2, 0.25) is 0 Å². The van der Waals surface area contributed by atoms with E-state index in [1.54, 1.807) is 4.57 Å². The molecule has 2 fully saturated rings. The van der Waals surface area contributed by atoms with Crippen LogP contribution in [0.25, 0.3) is 0 Å². The van der Waals surface area contributed by atoms with Gasteiger partial charge < -0.3 is 30.8 Å². The summed E-state index contributed by atoms with van der Waals surface area (Å²) in [6.07, 6.45) is 3.63. The molecule has 1 aliphatic carbocycles. The molecule has 2 aliphatic rings. The summed E-state index contributed by atoms with van der Waals surface area (Å²) in [5.41, 5.74) is -0.268. The van der Waals surface area contributed by atoms with Crippen molar-refractivity contribution in [2.75, 3.05) is 23.8 Å². The molecule has 0 atom stereocenters. The summed E-state index contributed by atoms with van der Waals surface area (Å²) < 4.78 is 55.7. The van der Waals surface area contributed by atoms with E-state index in [1.165, 1.54) is 0 Å². The molecule has 0 radical (unpaired) electrons. The van der Waals surface area contributed by atoms with E-state index in [9.17, 15) is 13.2 Å². The molecule has 4 N–H and O–H groups in total. The Labute approximate surface area is 196 Å². The minimum atomic E-state index is -1.08. The molecule has 1 aromatic carbocycles. The predicted molar refractivity (Wildman–Crippen MR) is 123 cm³/mol. The third-order valence-corrected chi connectivity index (χ3v) is 5.95. The Morgan fingerprint density at radius 1 is 1.21 bits per heavy atom. The molecule has 184 valence electrons. The van der Waals surface area contributed by atoms with Crippen molar-refractivity contribution in [3.05, 3.63) is 47.7 Å². The van der Waals surface area contributed by atoms with Crippen LogP contribution in [0.5, 0.6) is 0 Å². The third-order valence-electron chi connectivity index (χ3n) is 5.95. The Morgan fingerprint density at radius 3 is 2.38 bits per heavy atom. The molecule has 34 heavy (non-hydrogen) atoms. The van der Waals surface area contributed by atoms with Crippen LogP contribution in [0.1, 0.15) is 51.3 Å². The zero-order chi connectivity index (χ0) is 24.5. The summed E-state index contributed by atoms with van der Waals surface area (Å²) in [5, 5.41) is 16.9. The van der Waals surface area contributed by atoms with Gasteiger partial charge in [0.2, 0.25) is 5.95 Å². The summed E-state index contributed by atoms with van der Waals surface area (Å²) in [5.74, 6) is -2.72. The van der Waals surface area contributed by atoms with Crippen LogP contribution < -0.4 is 16.0 Å². The largest absolute Gasteiger partial charge is 0.370 e. The molecule has 2 heterocycles. The second-order valence-corrected chi connectivity index (χ2v) is 8.79. The van der Waals surface area contributed by atoms with Crippen LogP contribution in [0, 0.1) is 22.9 Å². The molecule has 4 rings (SSSR count). The first-order chi connectivity index (χ1) is 16.2. The Bertz CT molecular complexity index is 1050. The molecule has 0 amide bonds. The average molecular weight is 479 g/mol. The topological polar surface area (TPSA) is 96.2 Å². The van der Waals surface area contributed by atoms with Crippen LogP contribution in [-0.4, -0.2) is 40.8 Å². The third kappa shape index (κ3) is 4.90. The number of nitrogens with one attached hydrogen (secondary N) is 4. The maximum atomic E-state index is 14.4. The van der Waals surface area contributed by atoms with Gasteiger partial charge in [-0.15, -0.1) is 0 Å². The Morgan fingerprint density at radius 2 is 1.82 bits per heavy atom. The fourth-order valence-corrected chi connectivity index (χ4v) is 4.51. The molecule has 0 bridgehead atoms. The fourth-order valence-electron chi connectivity index (χ4n) is 4.51. The van der Waals surface area contributed by atoms with Gasteiger partial charge in [0.1, 0.15) is 23.0 Å². The molecule has 2 aromatic rings. The number of hydrogen-bond donors (Lipinski definition) is 4. The summed E-state index contributed by atoms with van der Waals surface area (Å²) in [7, 11) is 0. The molecule has 8 nitrogen and oxygen atoms in total. The van der Waals surface area contributed by atoms with Gasteiger partial charge in [-0.3, -0.25) is 4.57 Å². The lowest BCUT2D eigenvalue weighted by molar-refractivity contribution is -0.181. The van der Waals surface area contributed by atoms with Crippen molar-refractivity contribution in [3.63, 3.8) is 0 Å². The second-order valence-electron chi connectivity index (χ2n) is 8.79. The van der Waals surface area contributed by atoms with Crippen molar-refractivity contribution in [1.29, 1.82) is 5.41 Å². The summed E-state index contributed by atoms with van der Waals surface area (Å²) in [6, 6.07) is 1.17. The highest BCUT2D eigenvalue weighted by molar-refractivity contribution is 5.84. The van der Waals surface area contributed by atoms with E-state index < -0.39 is 28.9 Å². The lowest BCUT2D eigenvalue weighted by Crippen LogP contribution is -2.36. The second kappa shape index (κ2) is 9.67. The van der Waals surface area contributed by atoms with E-state index in [0.29, 0.717) is 62.7 Å². The van der Waals surface area contributed by atoms with Crippen molar-refractivity contribution >= 4 is 23.7 Å². The van der Waals surface area contributed by atoms with Gasteiger partial charge in [-0.1, -0.05) is 6.58 Å². The molecule has 1 saturated carbocycles. The molecule has 1 spiro atoms. The Balaban J connectivity index is 1.72. The molecule has 1 aromatic heterocycles. The number of halogens is 3. The molecule has 11 heteroatoms. The number of aromatic nitrogens is 2. The molecular weight excluding hydrogens is 449 g/mol. The van der Waals surface area contributed by atoms with Gasteiger partial charge in [0, 0.05) is 43.3 Å². The number of ether oxygens (including phenoxy) is 2. The van der Waals surface area contributed by atoms with Gasteiger partial charge >= 0.3 is 0 Å². The standard InChI is InChI=1S/C23H29F3N6O2/c1-13(2)28-14(3)29-21-19(12-27)30-22(31-20-17(25)10-15(24)11-18(20)26)32(21)16-4-6-23(7-5-16)33-8-9-34-23/h10-13,16,27-29H,3-9H2,1-2H3,(H,30,31). The van der Waals surface area contributed by atoms with Gasteiger partial charge in [0.15, 0.2) is 17.4 Å². The fraction of sp³-hybridized carbons (Fsp3) is 0.478. The highest BCUT2D eigenvalue weighted by Crippen LogP contribution is 2.43. The predicted octanol–water partition coefficient (Wildman–Crippen LogP) is 4.78. The molecule has 1 saturated heterocycles. The van der Waals surface area contributed by atoms with Crippen LogP contribution >= 0.6 is 0 Å².